The molecule has 2 aromatic carbocycles. The number of fused-ring (bicyclic) bond motifs is 1. The van der Waals surface area contributed by atoms with Crippen molar-refractivity contribution in [1.29, 1.82) is 0 Å². The lowest BCUT2D eigenvalue weighted by Crippen LogP contribution is -1.79. The minimum atomic E-state index is 0.931. The molecule has 71 valence electrons. The largest absolute Gasteiger partial charge is 0.285 e. The highest BCUT2D eigenvalue weighted by Gasteiger charge is 2.00. The first-order chi connectivity index (χ1) is 7.43. The van der Waals surface area contributed by atoms with Crippen molar-refractivity contribution in [3.05, 3.63) is 54.7 Å². The molecule has 0 spiro atoms. The van der Waals surface area contributed by atoms with E-state index in [0.29, 0.717) is 0 Å². The maximum Gasteiger partial charge on any atom is 0.0927 e. The van der Waals surface area contributed by atoms with Crippen molar-refractivity contribution in [2.45, 2.75) is 0 Å². The van der Waals surface area contributed by atoms with Gasteiger partial charge in [-0.05, 0) is 16.8 Å². The maximum absolute atomic E-state index is 4.14. The molecule has 0 amide bonds. The molecule has 0 atom stereocenters. The van der Waals surface area contributed by atoms with E-state index in [9.17, 15) is 0 Å². The molecule has 1 heterocycles. The Balaban J connectivity index is 2.22. The number of nitrogens with zero attached hydrogens (tertiary/aromatic N) is 1. The summed E-state index contributed by atoms with van der Waals surface area (Å²) in [7, 11) is 0. The van der Waals surface area contributed by atoms with Gasteiger partial charge in [0.25, 0.3) is 0 Å². The first-order valence-corrected chi connectivity index (χ1v) is 4.85. The van der Waals surface area contributed by atoms with Crippen molar-refractivity contribution in [3.8, 4) is 11.3 Å². The average molecular weight is 193 g/mol. The highest BCUT2D eigenvalue weighted by atomic mass is 15.1. The van der Waals surface area contributed by atoms with Crippen LogP contribution >= 0.6 is 0 Å². The molecular formula is C13H9N2. The minimum absolute atomic E-state index is 0.931. The molecule has 3 rings (SSSR count). The monoisotopic (exact) mass is 193 g/mol. The summed E-state index contributed by atoms with van der Waals surface area (Å²) in [4.78, 5) is 0. The van der Waals surface area contributed by atoms with Crippen molar-refractivity contribution in [3.63, 3.8) is 0 Å². The van der Waals surface area contributed by atoms with Gasteiger partial charge in [0.15, 0.2) is 0 Å². The molecule has 15 heavy (non-hydrogen) atoms. The fraction of sp³-hybridized carbons (Fsp3) is 0. The van der Waals surface area contributed by atoms with E-state index in [2.05, 4.69) is 34.5 Å². The Labute approximate surface area is 87.6 Å². The van der Waals surface area contributed by atoms with Crippen molar-refractivity contribution in [1.82, 2.24) is 10.2 Å². The molecule has 0 aliphatic heterocycles. The Morgan fingerprint density at radius 2 is 1.93 bits per heavy atom. The second-order valence-electron chi connectivity index (χ2n) is 3.42. The number of hydrogen-bond donors (Lipinski definition) is 1. The zero-order chi connectivity index (χ0) is 10.1. The molecule has 0 saturated carbocycles. The van der Waals surface area contributed by atoms with Crippen LogP contribution in [0, 0.1) is 6.07 Å². The number of hydrogen-bond acceptors (Lipinski definition) is 1. The van der Waals surface area contributed by atoms with Crippen LogP contribution < -0.4 is 0 Å². The number of H-pyrrole nitrogens is 1. The predicted octanol–water partition coefficient (Wildman–Crippen LogP) is 3.03. The molecule has 0 aliphatic rings. The third-order valence-corrected chi connectivity index (χ3v) is 2.44. The van der Waals surface area contributed by atoms with Crippen LogP contribution in [-0.2, 0) is 0 Å². The molecule has 0 unspecified atom stereocenters. The lowest BCUT2D eigenvalue weighted by Gasteiger charge is -1.99. The fourth-order valence-electron chi connectivity index (χ4n) is 1.68. The third-order valence-electron chi connectivity index (χ3n) is 2.44. The predicted molar refractivity (Wildman–Crippen MR) is 60.4 cm³/mol. The molecule has 2 nitrogen and oxygen atoms in total. The van der Waals surface area contributed by atoms with E-state index in [1.165, 1.54) is 5.39 Å². The normalized spacial score (nSPS) is 10.7. The van der Waals surface area contributed by atoms with Gasteiger partial charge in [0.05, 0.1) is 5.69 Å². The van der Waals surface area contributed by atoms with Crippen LogP contribution in [0.4, 0.5) is 0 Å². The standard InChI is InChI=1S/C13H9N2/c1-2-4-11-9-12(6-5-10(11)3-1)13-7-8-14-15-13/h1-8H,(H,14,15). The summed E-state index contributed by atoms with van der Waals surface area (Å²) < 4.78 is 0. The number of aromatic nitrogens is 2. The Morgan fingerprint density at radius 1 is 1.00 bits per heavy atom. The van der Waals surface area contributed by atoms with Gasteiger partial charge >= 0.3 is 0 Å². The molecule has 1 radical (unpaired) electrons. The Bertz CT molecular complexity index is 582. The van der Waals surface area contributed by atoms with Gasteiger partial charge in [0.1, 0.15) is 0 Å². The zero-order valence-corrected chi connectivity index (χ0v) is 8.07. The second-order valence-corrected chi connectivity index (χ2v) is 3.42. The smallest absolute Gasteiger partial charge is 0.0927 e. The van der Waals surface area contributed by atoms with Gasteiger partial charge < -0.3 is 0 Å². The van der Waals surface area contributed by atoms with Gasteiger partial charge in [-0.1, -0.05) is 36.4 Å². The van der Waals surface area contributed by atoms with Crippen LogP contribution in [0.3, 0.4) is 0 Å². The molecule has 0 bridgehead atoms. The number of rotatable bonds is 1. The van der Waals surface area contributed by atoms with Crippen LogP contribution in [-0.4, -0.2) is 10.2 Å². The number of benzene rings is 2. The van der Waals surface area contributed by atoms with E-state index < -0.39 is 0 Å². The zero-order valence-electron chi connectivity index (χ0n) is 8.07. The van der Waals surface area contributed by atoms with Crippen LogP contribution in [0.2, 0.25) is 0 Å². The van der Waals surface area contributed by atoms with Crippen molar-refractivity contribution < 1.29 is 0 Å². The number of nitrogens with one attached hydrogen (secondary N) is 1. The molecule has 0 fully saturated rings. The van der Waals surface area contributed by atoms with Gasteiger partial charge in [0, 0.05) is 17.8 Å². The second kappa shape index (κ2) is 3.24. The third kappa shape index (κ3) is 1.40. The topological polar surface area (TPSA) is 28.7 Å². The first-order valence-electron chi connectivity index (χ1n) is 4.85. The highest BCUT2D eigenvalue weighted by molar-refractivity contribution is 5.85. The van der Waals surface area contributed by atoms with E-state index in [1.54, 1.807) is 0 Å². The van der Waals surface area contributed by atoms with Crippen LogP contribution in [0.5, 0.6) is 0 Å². The fourth-order valence-corrected chi connectivity index (χ4v) is 1.68. The lowest BCUT2D eigenvalue weighted by molar-refractivity contribution is 1.10. The van der Waals surface area contributed by atoms with E-state index in [-0.39, 0.29) is 0 Å². The molecule has 2 heteroatoms. The summed E-state index contributed by atoms with van der Waals surface area (Å²) in [5.74, 6) is 0. The Kier molecular flexibility index (Phi) is 1.78. The summed E-state index contributed by atoms with van der Waals surface area (Å²) in [6.07, 6.45) is 1.82. The van der Waals surface area contributed by atoms with E-state index >= 15 is 0 Å². The SMILES string of the molecule is [c]1c(-c2cc[nH]n2)ccc2ccccc12. The lowest BCUT2D eigenvalue weighted by atomic mass is 10.1. The minimum Gasteiger partial charge on any atom is -0.285 e. The molecular weight excluding hydrogens is 184 g/mol. The van der Waals surface area contributed by atoms with Crippen LogP contribution in [0.25, 0.3) is 22.0 Å². The van der Waals surface area contributed by atoms with Gasteiger partial charge in [-0.15, -0.1) is 0 Å². The average Bonchev–Trinajstić information content (AvgIpc) is 2.82. The number of aromatic amines is 1. The summed E-state index contributed by atoms with van der Waals surface area (Å²) in [5.41, 5.74) is 1.95. The van der Waals surface area contributed by atoms with Gasteiger partial charge in [0.2, 0.25) is 0 Å². The maximum atomic E-state index is 4.14. The van der Waals surface area contributed by atoms with Crippen LogP contribution in [0.1, 0.15) is 0 Å². The van der Waals surface area contributed by atoms with Gasteiger partial charge in [-0.25, -0.2) is 0 Å². The van der Waals surface area contributed by atoms with E-state index in [0.717, 1.165) is 16.6 Å². The summed E-state index contributed by atoms with van der Waals surface area (Å²) in [5, 5.41) is 9.27. The molecule has 0 aliphatic carbocycles. The van der Waals surface area contributed by atoms with Crippen molar-refractivity contribution in [2.75, 3.05) is 0 Å². The Hall–Kier alpha value is -2.09. The molecule has 1 aromatic heterocycles. The van der Waals surface area contributed by atoms with Gasteiger partial charge in [-0.2, -0.15) is 5.10 Å². The van der Waals surface area contributed by atoms with Gasteiger partial charge in [-0.3, -0.25) is 5.10 Å². The highest BCUT2D eigenvalue weighted by Crippen LogP contribution is 2.21. The quantitative estimate of drug-likeness (QED) is 0.632. The van der Waals surface area contributed by atoms with E-state index in [4.69, 9.17) is 0 Å². The van der Waals surface area contributed by atoms with Crippen LogP contribution in [0.15, 0.2) is 48.7 Å². The summed E-state index contributed by atoms with van der Waals surface area (Å²) in [6.45, 7) is 0. The van der Waals surface area contributed by atoms with E-state index in [1.807, 2.05) is 30.5 Å². The van der Waals surface area contributed by atoms with Crippen molar-refractivity contribution in [2.24, 2.45) is 0 Å². The summed E-state index contributed by atoms with van der Waals surface area (Å²) >= 11 is 0. The first kappa shape index (κ1) is 8.24. The Morgan fingerprint density at radius 3 is 2.80 bits per heavy atom. The molecule has 3 aromatic rings. The van der Waals surface area contributed by atoms with Crippen molar-refractivity contribution >= 4 is 10.8 Å². The molecule has 0 saturated heterocycles. The molecule has 1 N–H and O–H groups in total. The summed E-state index contributed by atoms with van der Waals surface area (Å²) in [6, 6.07) is 17.6.